The van der Waals surface area contributed by atoms with E-state index in [1.165, 1.54) is 12.8 Å². The first-order valence-corrected chi connectivity index (χ1v) is 11.4. The minimum Gasteiger partial charge on any atom is -0.506 e. The second-order valence-corrected chi connectivity index (χ2v) is 10.9. The molecule has 2 unspecified atom stereocenters. The Morgan fingerprint density at radius 3 is 2.43 bits per heavy atom. The summed E-state index contributed by atoms with van der Waals surface area (Å²) < 4.78 is 6.00. The molecule has 1 fully saturated rings. The number of carbonyl (C=O) groups excluding carboxylic acids is 1. The number of benzene rings is 1. The summed E-state index contributed by atoms with van der Waals surface area (Å²) in [5.74, 6) is 1.38. The van der Waals surface area contributed by atoms with Crippen LogP contribution in [-0.2, 0) is 4.74 Å². The SMILES string of the molecule is CCC1CC(N(C)CC2CC2)C(=O)c2ccc(O)c(NC(C)(C)COC(C)(C)C)c21. The third-order valence-electron chi connectivity index (χ3n) is 6.31. The first-order valence-electron chi connectivity index (χ1n) is 11.4. The summed E-state index contributed by atoms with van der Waals surface area (Å²) in [6, 6.07) is 3.41. The zero-order valence-corrected chi connectivity index (χ0v) is 19.8. The molecule has 2 aliphatic carbocycles. The molecule has 0 amide bonds. The fraction of sp³-hybridized carbons (Fsp3) is 0.720. The zero-order valence-electron chi connectivity index (χ0n) is 19.8. The Kier molecular flexibility index (Phi) is 6.54. The first kappa shape index (κ1) is 23.1. The van der Waals surface area contributed by atoms with Gasteiger partial charge in [0.2, 0.25) is 0 Å². The number of nitrogens with zero attached hydrogens (tertiary/aromatic N) is 1. The van der Waals surface area contributed by atoms with Crippen molar-refractivity contribution in [2.45, 2.75) is 90.3 Å². The van der Waals surface area contributed by atoms with Gasteiger partial charge in [0.1, 0.15) is 5.75 Å². The highest BCUT2D eigenvalue weighted by Gasteiger charge is 2.39. The van der Waals surface area contributed by atoms with Gasteiger partial charge >= 0.3 is 0 Å². The molecular formula is C25H40N2O3. The monoisotopic (exact) mass is 416 g/mol. The van der Waals surface area contributed by atoms with Crippen LogP contribution in [0.25, 0.3) is 0 Å². The average Bonchev–Trinajstić information content (AvgIpc) is 3.46. The number of rotatable bonds is 8. The lowest BCUT2D eigenvalue weighted by atomic mass is 9.76. The molecule has 30 heavy (non-hydrogen) atoms. The van der Waals surface area contributed by atoms with Crippen LogP contribution in [0.2, 0.25) is 0 Å². The number of aromatic hydroxyl groups is 1. The standard InChI is InChI=1S/C25H40N2O3/c1-8-17-13-19(27(7)14-16-9-10-16)23(29)18-11-12-20(28)22(21(17)18)26-25(5,6)15-30-24(2,3)4/h11-12,16-17,19,26,28H,8-10,13-15H2,1-7H3. The van der Waals surface area contributed by atoms with Crippen molar-refractivity contribution in [2.75, 3.05) is 25.5 Å². The Labute approximate surface area is 182 Å². The Morgan fingerprint density at radius 1 is 1.20 bits per heavy atom. The van der Waals surface area contributed by atoms with Crippen molar-refractivity contribution < 1.29 is 14.6 Å². The number of anilines is 1. The molecule has 2 N–H and O–H groups in total. The fourth-order valence-electron chi connectivity index (χ4n) is 4.41. The van der Waals surface area contributed by atoms with Gasteiger partial charge in [-0.15, -0.1) is 0 Å². The van der Waals surface area contributed by atoms with Gasteiger partial charge in [-0.05, 0) is 96.9 Å². The van der Waals surface area contributed by atoms with Crippen molar-refractivity contribution >= 4 is 11.5 Å². The van der Waals surface area contributed by atoms with E-state index in [-0.39, 0.29) is 34.6 Å². The number of fused-ring (bicyclic) bond motifs is 1. The van der Waals surface area contributed by atoms with Gasteiger partial charge in [0, 0.05) is 12.1 Å². The molecule has 168 valence electrons. The van der Waals surface area contributed by atoms with Gasteiger partial charge < -0.3 is 15.2 Å². The van der Waals surface area contributed by atoms with E-state index in [0.717, 1.165) is 36.4 Å². The molecule has 3 rings (SSSR count). The van der Waals surface area contributed by atoms with Crippen LogP contribution in [0.3, 0.4) is 0 Å². The lowest BCUT2D eigenvalue weighted by molar-refractivity contribution is -0.0196. The molecule has 0 aromatic heterocycles. The number of phenolic OH excluding ortho intramolecular Hbond substituents is 1. The van der Waals surface area contributed by atoms with Gasteiger partial charge in [-0.1, -0.05) is 6.92 Å². The number of nitrogens with one attached hydrogen (secondary N) is 1. The van der Waals surface area contributed by atoms with Crippen molar-refractivity contribution in [3.63, 3.8) is 0 Å². The summed E-state index contributed by atoms with van der Waals surface area (Å²) in [7, 11) is 2.09. The van der Waals surface area contributed by atoms with Crippen molar-refractivity contribution in [1.82, 2.24) is 4.90 Å². The summed E-state index contributed by atoms with van der Waals surface area (Å²) >= 11 is 0. The lowest BCUT2D eigenvalue weighted by Gasteiger charge is -2.38. The van der Waals surface area contributed by atoms with Crippen LogP contribution in [0, 0.1) is 5.92 Å². The molecule has 5 nitrogen and oxygen atoms in total. The van der Waals surface area contributed by atoms with E-state index in [4.69, 9.17) is 4.74 Å². The molecule has 0 spiro atoms. The largest absolute Gasteiger partial charge is 0.506 e. The highest BCUT2D eigenvalue weighted by atomic mass is 16.5. The van der Waals surface area contributed by atoms with Gasteiger partial charge in [-0.2, -0.15) is 0 Å². The number of ether oxygens (including phenoxy) is 1. The quantitative estimate of drug-likeness (QED) is 0.571. The van der Waals surface area contributed by atoms with Gasteiger partial charge in [0.15, 0.2) is 5.78 Å². The van der Waals surface area contributed by atoms with Crippen LogP contribution in [0.5, 0.6) is 5.75 Å². The number of hydrogen-bond donors (Lipinski definition) is 2. The highest BCUT2D eigenvalue weighted by molar-refractivity contribution is 6.04. The zero-order chi connectivity index (χ0) is 22.3. The van der Waals surface area contributed by atoms with E-state index in [0.29, 0.717) is 12.3 Å². The Bertz CT molecular complexity index is 777. The van der Waals surface area contributed by atoms with Crippen LogP contribution >= 0.6 is 0 Å². The van der Waals surface area contributed by atoms with Gasteiger partial charge in [0.05, 0.1) is 29.5 Å². The van der Waals surface area contributed by atoms with Crippen LogP contribution in [0.15, 0.2) is 12.1 Å². The Hall–Kier alpha value is -1.59. The number of phenols is 1. The third-order valence-corrected chi connectivity index (χ3v) is 6.31. The van der Waals surface area contributed by atoms with E-state index in [1.807, 2.05) is 26.8 Å². The smallest absolute Gasteiger partial charge is 0.180 e. The number of ketones is 1. The summed E-state index contributed by atoms with van der Waals surface area (Å²) in [4.78, 5) is 15.7. The normalized spacial score (nSPS) is 22.3. The van der Waals surface area contributed by atoms with E-state index in [9.17, 15) is 9.90 Å². The van der Waals surface area contributed by atoms with Gasteiger partial charge in [0.25, 0.3) is 0 Å². The number of Topliss-reactive ketones (excluding diaryl/α,β-unsaturated/α-hetero) is 1. The molecule has 0 aliphatic heterocycles. The second kappa shape index (κ2) is 8.51. The van der Waals surface area contributed by atoms with Crippen molar-refractivity contribution in [2.24, 2.45) is 5.92 Å². The van der Waals surface area contributed by atoms with E-state index < -0.39 is 0 Å². The fourth-order valence-corrected chi connectivity index (χ4v) is 4.41. The summed E-state index contributed by atoms with van der Waals surface area (Å²) in [6.45, 7) is 13.9. The summed E-state index contributed by atoms with van der Waals surface area (Å²) in [5, 5.41) is 14.3. The van der Waals surface area contributed by atoms with E-state index in [1.54, 1.807) is 6.07 Å². The molecule has 2 atom stereocenters. The van der Waals surface area contributed by atoms with Crippen molar-refractivity contribution in [3.8, 4) is 5.75 Å². The van der Waals surface area contributed by atoms with E-state index in [2.05, 4.69) is 38.0 Å². The summed E-state index contributed by atoms with van der Waals surface area (Å²) in [5.41, 5.74) is 1.80. The van der Waals surface area contributed by atoms with Crippen molar-refractivity contribution in [1.29, 1.82) is 0 Å². The summed E-state index contributed by atoms with van der Waals surface area (Å²) in [6.07, 6.45) is 4.31. The second-order valence-electron chi connectivity index (χ2n) is 10.9. The Morgan fingerprint density at radius 2 is 1.87 bits per heavy atom. The molecule has 1 aromatic carbocycles. The number of hydrogen-bond acceptors (Lipinski definition) is 5. The minimum atomic E-state index is -0.388. The van der Waals surface area contributed by atoms with Crippen LogP contribution in [0.4, 0.5) is 5.69 Å². The molecule has 0 bridgehead atoms. The number of likely N-dealkylation sites (N-methyl/N-ethyl adjacent to an activating group) is 1. The third kappa shape index (κ3) is 5.36. The van der Waals surface area contributed by atoms with Gasteiger partial charge in [-0.3, -0.25) is 9.69 Å². The minimum absolute atomic E-state index is 0.0716. The number of carbonyl (C=O) groups is 1. The molecule has 0 heterocycles. The maximum absolute atomic E-state index is 13.4. The maximum Gasteiger partial charge on any atom is 0.180 e. The maximum atomic E-state index is 13.4. The molecule has 5 heteroatoms. The molecule has 0 radical (unpaired) electrons. The van der Waals surface area contributed by atoms with Crippen LogP contribution in [-0.4, -0.2) is 53.2 Å². The predicted octanol–water partition coefficient (Wildman–Crippen LogP) is 5.19. The van der Waals surface area contributed by atoms with Crippen LogP contribution in [0.1, 0.15) is 89.1 Å². The van der Waals surface area contributed by atoms with E-state index >= 15 is 0 Å². The first-order chi connectivity index (χ1) is 13.9. The lowest BCUT2D eigenvalue weighted by Crippen LogP contribution is -2.44. The highest BCUT2D eigenvalue weighted by Crippen LogP contribution is 2.45. The predicted molar refractivity (Wildman–Crippen MR) is 123 cm³/mol. The average molecular weight is 417 g/mol. The van der Waals surface area contributed by atoms with Crippen molar-refractivity contribution in [3.05, 3.63) is 23.3 Å². The van der Waals surface area contributed by atoms with Crippen LogP contribution < -0.4 is 5.32 Å². The topological polar surface area (TPSA) is 61.8 Å². The molecule has 1 saturated carbocycles. The molecule has 1 aromatic rings. The Balaban J connectivity index is 1.90. The molecular weight excluding hydrogens is 376 g/mol. The molecule has 0 saturated heterocycles. The van der Waals surface area contributed by atoms with Gasteiger partial charge in [-0.25, -0.2) is 0 Å². The molecule has 2 aliphatic rings.